The molecule has 0 aromatic carbocycles. The van der Waals surface area contributed by atoms with Crippen LogP contribution in [0.25, 0.3) is 0 Å². The third-order valence-corrected chi connectivity index (χ3v) is 5.92. The highest BCUT2D eigenvalue weighted by atomic mass is 32.2. The molecular formula is C15H23N5OS. The van der Waals surface area contributed by atoms with Crippen molar-refractivity contribution in [3.8, 4) is 0 Å². The minimum absolute atomic E-state index is 0.134. The molecule has 0 bridgehead atoms. The number of hydrogen-bond donors (Lipinski definition) is 1. The summed E-state index contributed by atoms with van der Waals surface area (Å²) in [6.45, 7) is 5.15. The predicted molar refractivity (Wildman–Crippen MR) is 90.5 cm³/mol. The molecule has 2 fully saturated rings. The number of hydrogen-bond acceptors (Lipinski definition) is 6. The van der Waals surface area contributed by atoms with Gasteiger partial charge in [-0.3, -0.25) is 4.79 Å². The van der Waals surface area contributed by atoms with E-state index in [-0.39, 0.29) is 5.91 Å². The first-order chi connectivity index (χ1) is 10.6. The standard InChI is InChI=1S/C15H23N5OS/c1-15(4-3-7-22-15)10-16-12-8-13(18-11-17-12)20-6-5-19(2)14(21)9-20/h8,11H,3-7,9-10H2,1-2H3,(H,16,17,18). The topological polar surface area (TPSA) is 61.4 Å². The minimum atomic E-state index is 0.134. The van der Waals surface area contributed by atoms with Crippen molar-refractivity contribution in [2.45, 2.75) is 24.5 Å². The van der Waals surface area contributed by atoms with Gasteiger partial charge in [0, 0.05) is 37.5 Å². The molecule has 3 heterocycles. The van der Waals surface area contributed by atoms with Crippen molar-refractivity contribution >= 4 is 29.3 Å². The van der Waals surface area contributed by atoms with Gasteiger partial charge in [-0.05, 0) is 25.5 Å². The molecule has 1 N–H and O–H groups in total. The van der Waals surface area contributed by atoms with Crippen LogP contribution in [0.4, 0.5) is 11.6 Å². The monoisotopic (exact) mass is 321 g/mol. The summed E-state index contributed by atoms with van der Waals surface area (Å²) >= 11 is 2.03. The maximum absolute atomic E-state index is 11.8. The lowest BCUT2D eigenvalue weighted by molar-refractivity contribution is -0.129. The SMILES string of the molecule is CN1CCN(c2cc(NCC3(C)CCCS3)ncn2)CC1=O. The van der Waals surface area contributed by atoms with Gasteiger partial charge in [-0.15, -0.1) is 0 Å². The van der Waals surface area contributed by atoms with Gasteiger partial charge in [0.15, 0.2) is 0 Å². The van der Waals surface area contributed by atoms with Crippen molar-refractivity contribution in [2.24, 2.45) is 0 Å². The van der Waals surface area contributed by atoms with E-state index in [4.69, 9.17) is 0 Å². The number of carbonyl (C=O) groups excluding carboxylic acids is 1. The molecule has 0 spiro atoms. The second kappa shape index (κ2) is 6.32. The Kier molecular flexibility index (Phi) is 4.42. The number of nitrogens with zero attached hydrogens (tertiary/aromatic N) is 4. The highest BCUT2D eigenvalue weighted by Crippen LogP contribution is 2.37. The van der Waals surface area contributed by atoms with E-state index in [1.807, 2.05) is 29.8 Å². The molecule has 2 saturated heterocycles. The summed E-state index contributed by atoms with van der Waals surface area (Å²) in [6.07, 6.45) is 4.11. The largest absolute Gasteiger partial charge is 0.369 e. The number of likely N-dealkylation sites (N-methyl/N-ethyl adjacent to an activating group) is 1. The first kappa shape index (κ1) is 15.4. The van der Waals surface area contributed by atoms with Gasteiger partial charge in [0.1, 0.15) is 18.0 Å². The fourth-order valence-electron chi connectivity index (χ4n) is 2.82. The van der Waals surface area contributed by atoms with E-state index in [2.05, 4.69) is 22.2 Å². The van der Waals surface area contributed by atoms with E-state index < -0.39 is 0 Å². The molecule has 0 saturated carbocycles. The molecule has 1 atom stereocenters. The molecule has 1 amide bonds. The van der Waals surface area contributed by atoms with E-state index in [0.29, 0.717) is 11.3 Å². The van der Waals surface area contributed by atoms with Crippen molar-refractivity contribution < 1.29 is 4.79 Å². The van der Waals surface area contributed by atoms with E-state index in [1.54, 1.807) is 11.2 Å². The number of piperazine rings is 1. The Morgan fingerprint density at radius 3 is 3.00 bits per heavy atom. The van der Waals surface area contributed by atoms with Gasteiger partial charge < -0.3 is 15.1 Å². The van der Waals surface area contributed by atoms with Gasteiger partial charge in [-0.1, -0.05) is 0 Å². The van der Waals surface area contributed by atoms with Gasteiger partial charge in [-0.2, -0.15) is 11.8 Å². The van der Waals surface area contributed by atoms with Crippen LogP contribution in [0, 0.1) is 0 Å². The van der Waals surface area contributed by atoms with Crippen LogP contribution in [0.3, 0.4) is 0 Å². The maximum atomic E-state index is 11.8. The third kappa shape index (κ3) is 3.45. The molecule has 120 valence electrons. The Balaban J connectivity index is 1.63. The summed E-state index contributed by atoms with van der Waals surface area (Å²) in [6, 6.07) is 1.95. The summed E-state index contributed by atoms with van der Waals surface area (Å²) in [5.41, 5.74) is 0. The molecule has 1 aromatic heterocycles. The fourth-order valence-corrected chi connectivity index (χ4v) is 4.07. The zero-order valence-corrected chi connectivity index (χ0v) is 14.0. The summed E-state index contributed by atoms with van der Waals surface area (Å²) in [5.74, 6) is 3.04. The first-order valence-corrected chi connectivity index (χ1v) is 8.73. The van der Waals surface area contributed by atoms with Crippen LogP contribution in [0.15, 0.2) is 12.4 Å². The number of nitrogens with one attached hydrogen (secondary N) is 1. The van der Waals surface area contributed by atoms with Crippen LogP contribution in [-0.4, -0.2) is 64.5 Å². The predicted octanol–water partition coefficient (Wildman–Crippen LogP) is 1.45. The summed E-state index contributed by atoms with van der Waals surface area (Å²) in [5, 5.41) is 3.43. The number of aromatic nitrogens is 2. The highest BCUT2D eigenvalue weighted by Gasteiger charge is 2.29. The second-order valence-corrected chi connectivity index (χ2v) is 7.94. The Hall–Kier alpha value is -1.50. The van der Waals surface area contributed by atoms with Gasteiger partial charge >= 0.3 is 0 Å². The lowest BCUT2D eigenvalue weighted by Crippen LogP contribution is -2.48. The molecule has 22 heavy (non-hydrogen) atoms. The van der Waals surface area contributed by atoms with Crippen LogP contribution >= 0.6 is 11.8 Å². The zero-order chi connectivity index (χ0) is 15.6. The summed E-state index contributed by atoms with van der Waals surface area (Å²) in [7, 11) is 1.84. The van der Waals surface area contributed by atoms with E-state index in [1.165, 1.54) is 18.6 Å². The second-order valence-electron chi connectivity index (χ2n) is 6.25. The van der Waals surface area contributed by atoms with Crippen LogP contribution < -0.4 is 10.2 Å². The van der Waals surface area contributed by atoms with Gasteiger partial charge in [0.2, 0.25) is 5.91 Å². The van der Waals surface area contributed by atoms with Crippen molar-refractivity contribution in [1.29, 1.82) is 0 Å². The van der Waals surface area contributed by atoms with Gasteiger partial charge in [0.25, 0.3) is 0 Å². The summed E-state index contributed by atoms with van der Waals surface area (Å²) in [4.78, 5) is 24.2. The number of anilines is 2. The summed E-state index contributed by atoms with van der Waals surface area (Å²) < 4.78 is 0.301. The van der Waals surface area contributed by atoms with Crippen LogP contribution in [0.1, 0.15) is 19.8 Å². The average Bonchev–Trinajstić information content (AvgIpc) is 2.96. The average molecular weight is 321 g/mol. The smallest absolute Gasteiger partial charge is 0.241 e. The molecule has 0 radical (unpaired) electrons. The molecule has 2 aliphatic heterocycles. The lowest BCUT2D eigenvalue weighted by Gasteiger charge is -2.32. The first-order valence-electron chi connectivity index (χ1n) is 7.75. The van der Waals surface area contributed by atoms with Crippen molar-refractivity contribution in [3.05, 3.63) is 12.4 Å². The molecular weight excluding hydrogens is 298 g/mol. The Morgan fingerprint density at radius 1 is 1.41 bits per heavy atom. The zero-order valence-electron chi connectivity index (χ0n) is 13.2. The minimum Gasteiger partial charge on any atom is -0.369 e. The van der Waals surface area contributed by atoms with Crippen molar-refractivity contribution in [1.82, 2.24) is 14.9 Å². The molecule has 3 rings (SSSR count). The number of amides is 1. The van der Waals surface area contributed by atoms with Crippen LogP contribution in [-0.2, 0) is 4.79 Å². The number of carbonyl (C=O) groups is 1. The Bertz CT molecular complexity index is 546. The van der Waals surface area contributed by atoms with Gasteiger partial charge in [0.05, 0.1) is 6.54 Å². The van der Waals surface area contributed by atoms with Crippen LogP contribution in [0.5, 0.6) is 0 Å². The fraction of sp³-hybridized carbons (Fsp3) is 0.667. The maximum Gasteiger partial charge on any atom is 0.241 e. The molecule has 1 unspecified atom stereocenters. The van der Waals surface area contributed by atoms with Crippen molar-refractivity contribution in [2.75, 3.05) is 49.2 Å². The van der Waals surface area contributed by atoms with E-state index in [9.17, 15) is 4.79 Å². The normalized spacial score (nSPS) is 25.6. The molecule has 2 aliphatic rings. The van der Waals surface area contributed by atoms with Crippen molar-refractivity contribution in [3.63, 3.8) is 0 Å². The molecule has 6 nitrogen and oxygen atoms in total. The number of rotatable bonds is 4. The quantitative estimate of drug-likeness (QED) is 0.906. The van der Waals surface area contributed by atoms with E-state index in [0.717, 1.165) is 31.3 Å². The molecule has 1 aromatic rings. The molecule has 7 heteroatoms. The Labute approximate surface area is 135 Å². The van der Waals surface area contributed by atoms with Gasteiger partial charge in [-0.25, -0.2) is 9.97 Å². The molecule has 0 aliphatic carbocycles. The highest BCUT2D eigenvalue weighted by molar-refractivity contribution is 8.00. The van der Waals surface area contributed by atoms with Crippen LogP contribution in [0.2, 0.25) is 0 Å². The Morgan fingerprint density at radius 2 is 2.27 bits per heavy atom. The number of thioether (sulfide) groups is 1. The lowest BCUT2D eigenvalue weighted by atomic mass is 10.1. The van der Waals surface area contributed by atoms with E-state index >= 15 is 0 Å². The third-order valence-electron chi connectivity index (χ3n) is 4.38.